The summed E-state index contributed by atoms with van der Waals surface area (Å²) in [6.45, 7) is 3.77. The van der Waals surface area contributed by atoms with Crippen molar-refractivity contribution < 1.29 is 9.84 Å². The highest BCUT2D eigenvalue weighted by atomic mass is 35.5. The summed E-state index contributed by atoms with van der Waals surface area (Å²) >= 11 is 24.5. The molecule has 0 aliphatic heterocycles. The first kappa shape index (κ1) is 21.6. The molecule has 152 valence electrons. The number of benzene rings is 2. The van der Waals surface area contributed by atoms with E-state index < -0.39 is 0 Å². The second-order valence-electron chi connectivity index (χ2n) is 6.43. The molecule has 2 aromatic carbocycles. The SMILES string of the molecule is CC(C)c1cc(Oc2c(Cl)cc(Nc3cc(Cl)c(O)c(Cl)c3)cc2Cl)n[nH]c1=O. The highest BCUT2D eigenvalue weighted by Crippen LogP contribution is 2.40. The average Bonchev–Trinajstić information content (AvgIpc) is 2.63. The van der Waals surface area contributed by atoms with Crippen LogP contribution in [0.2, 0.25) is 20.1 Å². The molecule has 3 rings (SSSR count). The molecule has 10 heteroatoms. The summed E-state index contributed by atoms with van der Waals surface area (Å²) in [6.07, 6.45) is 0. The fourth-order valence-electron chi connectivity index (χ4n) is 2.52. The number of hydrogen-bond donors (Lipinski definition) is 3. The van der Waals surface area contributed by atoms with Gasteiger partial charge in [-0.05, 0) is 30.2 Å². The van der Waals surface area contributed by atoms with Gasteiger partial charge in [0.15, 0.2) is 11.5 Å². The lowest BCUT2D eigenvalue weighted by molar-refractivity contribution is 0.452. The Labute approximate surface area is 186 Å². The van der Waals surface area contributed by atoms with E-state index in [4.69, 9.17) is 51.1 Å². The second kappa shape index (κ2) is 8.71. The summed E-state index contributed by atoms with van der Waals surface area (Å²) in [5.41, 5.74) is 1.32. The molecule has 0 amide bonds. The minimum atomic E-state index is -0.282. The zero-order valence-electron chi connectivity index (χ0n) is 15.2. The van der Waals surface area contributed by atoms with Crippen molar-refractivity contribution in [3.63, 3.8) is 0 Å². The summed E-state index contributed by atoms with van der Waals surface area (Å²) < 4.78 is 5.70. The maximum Gasteiger partial charge on any atom is 0.267 e. The second-order valence-corrected chi connectivity index (χ2v) is 8.06. The molecule has 0 bridgehead atoms. The topological polar surface area (TPSA) is 87.2 Å². The van der Waals surface area contributed by atoms with Crippen molar-refractivity contribution in [2.24, 2.45) is 0 Å². The van der Waals surface area contributed by atoms with Gasteiger partial charge in [-0.2, -0.15) is 0 Å². The van der Waals surface area contributed by atoms with E-state index in [1.54, 1.807) is 18.2 Å². The van der Waals surface area contributed by atoms with Crippen LogP contribution in [-0.4, -0.2) is 15.3 Å². The van der Waals surface area contributed by atoms with Crippen LogP contribution in [-0.2, 0) is 0 Å². The Morgan fingerprint density at radius 3 is 2.00 bits per heavy atom. The number of halogens is 4. The normalized spacial score (nSPS) is 11.0. The maximum absolute atomic E-state index is 11.8. The lowest BCUT2D eigenvalue weighted by atomic mass is 10.1. The third kappa shape index (κ3) is 4.90. The van der Waals surface area contributed by atoms with Crippen molar-refractivity contribution in [2.75, 3.05) is 5.32 Å². The monoisotopic (exact) mass is 473 g/mol. The number of ether oxygens (including phenoxy) is 1. The van der Waals surface area contributed by atoms with Crippen molar-refractivity contribution in [2.45, 2.75) is 19.8 Å². The van der Waals surface area contributed by atoms with Gasteiger partial charge in [0.2, 0.25) is 5.88 Å². The van der Waals surface area contributed by atoms with E-state index >= 15 is 0 Å². The Bertz CT molecular complexity index is 1090. The van der Waals surface area contributed by atoms with Crippen molar-refractivity contribution in [1.29, 1.82) is 0 Å². The largest absolute Gasteiger partial charge is 0.505 e. The molecule has 0 atom stereocenters. The summed E-state index contributed by atoms with van der Waals surface area (Å²) in [5.74, 6) is 0.142. The van der Waals surface area contributed by atoms with Gasteiger partial charge in [-0.1, -0.05) is 60.3 Å². The minimum Gasteiger partial charge on any atom is -0.505 e. The van der Waals surface area contributed by atoms with Gasteiger partial charge in [0, 0.05) is 23.0 Å². The molecule has 0 saturated heterocycles. The highest BCUT2D eigenvalue weighted by molar-refractivity contribution is 6.38. The number of phenols is 1. The zero-order valence-corrected chi connectivity index (χ0v) is 18.2. The number of H-pyrrole nitrogens is 1. The van der Waals surface area contributed by atoms with E-state index in [1.165, 1.54) is 12.1 Å². The first-order valence-corrected chi connectivity index (χ1v) is 9.88. The third-order valence-corrected chi connectivity index (χ3v) is 5.08. The van der Waals surface area contributed by atoms with Crippen LogP contribution in [0, 0.1) is 0 Å². The number of aromatic nitrogens is 2. The Kier molecular flexibility index (Phi) is 6.49. The number of aromatic hydroxyl groups is 1. The average molecular weight is 475 g/mol. The fourth-order valence-corrected chi connectivity index (χ4v) is 3.57. The summed E-state index contributed by atoms with van der Waals surface area (Å²) in [5, 5.41) is 19.6. The van der Waals surface area contributed by atoms with E-state index in [2.05, 4.69) is 15.5 Å². The van der Waals surface area contributed by atoms with Gasteiger partial charge in [-0.15, -0.1) is 5.10 Å². The lowest BCUT2D eigenvalue weighted by Gasteiger charge is -2.13. The van der Waals surface area contributed by atoms with Crippen LogP contribution >= 0.6 is 46.4 Å². The van der Waals surface area contributed by atoms with Crippen LogP contribution in [0.15, 0.2) is 35.1 Å². The molecule has 1 aromatic heterocycles. The van der Waals surface area contributed by atoms with Crippen LogP contribution in [0.25, 0.3) is 0 Å². The lowest BCUT2D eigenvalue weighted by Crippen LogP contribution is -2.15. The van der Waals surface area contributed by atoms with Crippen LogP contribution in [0.1, 0.15) is 25.3 Å². The summed E-state index contributed by atoms with van der Waals surface area (Å²) in [7, 11) is 0. The molecule has 0 fully saturated rings. The Hall–Kier alpha value is -2.12. The van der Waals surface area contributed by atoms with Crippen LogP contribution in [0.3, 0.4) is 0 Å². The van der Waals surface area contributed by atoms with E-state index in [9.17, 15) is 9.90 Å². The molecule has 0 spiro atoms. The Morgan fingerprint density at radius 2 is 1.48 bits per heavy atom. The number of nitrogens with zero attached hydrogens (tertiary/aromatic N) is 1. The Morgan fingerprint density at radius 1 is 0.966 bits per heavy atom. The standard InChI is InChI=1S/C19H15Cl4N3O3/c1-8(2)11-7-16(25-26-19(11)28)29-18-14(22)5-10(6-15(18)23)24-9-3-12(20)17(27)13(21)4-9/h3-8,24,27H,1-2H3,(H,26,28). The number of anilines is 2. The van der Waals surface area contributed by atoms with Crippen molar-refractivity contribution in [3.8, 4) is 17.4 Å². The summed E-state index contributed by atoms with van der Waals surface area (Å²) in [4.78, 5) is 11.8. The molecule has 0 saturated carbocycles. The molecule has 0 unspecified atom stereocenters. The molecule has 6 nitrogen and oxygen atoms in total. The van der Waals surface area contributed by atoms with Crippen LogP contribution < -0.4 is 15.6 Å². The molecule has 0 radical (unpaired) electrons. The van der Waals surface area contributed by atoms with E-state index in [1.807, 2.05) is 13.8 Å². The van der Waals surface area contributed by atoms with Gasteiger partial charge in [0.25, 0.3) is 5.56 Å². The number of aromatic amines is 1. The highest BCUT2D eigenvalue weighted by Gasteiger charge is 2.15. The van der Waals surface area contributed by atoms with Gasteiger partial charge in [0.05, 0.1) is 20.1 Å². The molecule has 1 heterocycles. The van der Waals surface area contributed by atoms with Crippen molar-refractivity contribution >= 4 is 57.8 Å². The van der Waals surface area contributed by atoms with Crippen LogP contribution in [0.5, 0.6) is 17.4 Å². The molecule has 3 aromatic rings. The van der Waals surface area contributed by atoms with Crippen molar-refractivity contribution in [1.82, 2.24) is 10.2 Å². The van der Waals surface area contributed by atoms with Crippen LogP contribution in [0.4, 0.5) is 11.4 Å². The van der Waals surface area contributed by atoms with Gasteiger partial charge >= 0.3 is 0 Å². The van der Waals surface area contributed by atoms with E-state index in [0.29, 0.717) is 16.9 Å². The number of rotatable bonds is 5. The van der Waals surface area contributed by atoms with Gasteiger partial charge in [-0.3, -0.25) is 4.79 Å². The number of phenolic OH excluding ortho intramolecular Hbond substituents is 1. The third-order valence-electron chi connectivity index (χ3n) is 3.94. The van der Waals surface area contributed by atoms with E-state index in [0.717, 1.165) is 0 Å². The predicted octanol–water partition coefficient (Wildman–Crippen LogP) is 6.75. The quantitative estimate of drug-likeness (QED) is 0.356. The molecule has 29 heavy (non-hydrogen) atoms. The molecular formula is C19H15Cl4N3O3. The zero-order chi connectivity index (χ0) is 21.3. The first-order chi connectivity index (χ1) is 13.7. The molecule has 0 aliphatic rings. The first-order valence-electron chi connectivity index (χ1n) is 8.37. The summed E-state index contributed by atoms with van der Waals surface area (Å²) in [6, 6.07) is 7.74. The smallest absolute Gasteiger partial charge is 0.267 e. The number of hydrogen-bond acceptors (Lipinski definition) is 5. The predicted molar refractivity (Wildman–Crippen MR) is 117 cm³/mol. The van der Waals surface area contributed by atoms with Gasteiger partial charge in [0.1, 0.15) is 0 Å². The Balaban J connectivity index is 1.88. The fraction of sp³-hybridized carbons (Fsp3) is 0.158. The van der Waals surface area contributed by atoms with Gasteiger partial charge in [-0.25, -0.2) is 5.10 Å². The molecular weight excluding hydrogens is 460 g/mol. The van der Waals surface area contributed by atoms with Gasteiger partial charge < -0.3 is 15.2 Å². The maximum atomic E-state index is 11.8. The van der Waals surface area contributed by atoms with Crippen molar-refractivity contribution in [3.05, 3.63) is 66.3 Å². The van der Waals surface area contributed by atoms with E-state index in [-0.39, 0.29) is 48.9 Å². The molecule has 0 aliphatic carbocycles. The minimum absolute atomic E-state index is 0.00872. The molecule has 3 N–H and O–H groups in total. The number of nitrogens with one attached hydrogen (secondary N) is 2.